The van der Waals surface area contributed by atoms with Crippen LogP contribution in [0, 0.1) is 0 Å². The van der Waals surface area contributed by atoms with Crippen LogP contribution in [-0.4, -0.2) is 46.5 Å². The zero-order valence-electron chi connectivity index (χ0n) is 12.1. The molecule has 0 atom stereocenters. The first kappa shape index (κ1) is 18.4. The van der Waals surface area contributed by atoms with Crippen molar-refractivity contribution in [2.45, 2.75) is 24.8 Å². The second-order valence-corrected chi connectivity index (χ2v) is 8.96. The number of nitrogens with zero attached hydrogens (tertiary/aromatic N) is 1. The first-order chi connectivity index (χ1) is 9.54. The smallest absolute Gasteiger partial charge is 0.212 e. The Labute approximate surface area is 131 Å². The molecule has 0 amide bonds. The topological polar surface area (TPSA) is 83.6 Å². The predicted octanol–water partition coefficient (Wildman–Crippen LogP) is 1.29. The Morgan fingerprint density at radius 3 is 2.10 bits per heavy atom. The van der Waals surface area contributed by atoms with E-state index in [9.17, 15) is 16.8 Å². The third kappa shape index (κ3) is 5.55. The molecule has 1 aromatic rings. The largest absolute Gasteiger partial charge is 0.240 e. The molecule has 1 N–H and O–H groups in total. The Bertz CT molecular complexity index is 670. The van der Waals surface area contributed by atoms with Crippen molar-refractivity contribution in [1.29, 1.82) is 0 Å². The molecule has 0 bridgehead atoms. The van der Waals surface area contributed by atoms with Gasteiger partial charge in [0.25, 0.3) is 0 Å². The van der Waals surface area contributed by atoms with Crippen molar-refractivity contribution in [3.8, 4) is 0 Å². The average molecular weight is 355 g/mol. The van der Waals surface area contributed by atoms with E-state index in [1.807, 2.05) is 0 Å². The quantitative estimate of drug-likeness (QED) is 0.799. The highest BCUT2D eigenvalue weighted by Gasteiger charge is 2.21. The first-order valence-electron chi connectivity index (χ1n) is 6.26. The summed E-state index contributed by atoms with van der Waals surface area (Å²) in [6, 6.07) is 5.50. The minimum atomic E-state index is -3.67. The molecule has 0 radical (unpaired) electrons. The maximum absolute atomic E-state index is 12.0. The van der Waals surface area contributed by atoms with Crippen molar-refractivity contribution < 1.29 is 16.8 Å². The summed E-state index contributed by atoms with van der Waals surface area (Å²) in [7, 11) is -7.05. The van der Waals surface area contributed by atoms with Gasteiger partial charge >= 0.3 is 0 Å². The summed E-state index contributed by atoms with van der Waals surface area (Å²) in [5, 5.41) is 0.442. The van der Waals surface area contributed by atoms with Crippen LogP contribution in [0.15, 0.2) is 29.2 Å². The standard InChI is InChI=1S/C12H19ClN2O4S2/c1-10(2)15(20(3,16)17)9-8-14-21(18,19)12-6-4-11(13)5-7-12/h4-7,10,14H,8-9H2,1-3H3. The molecule has 0 aromatic heterocycles. The van der Waals surface area contributed by atoms with Crippen LogP contribution in [0.5, 0.6) is 0 Å². The van der Waals surface area contributed by atoms with Gasteiger partial charge in [-0.3, -0.25) is 0 Å². The molecule has 0 saturated heterocycles. The Hall–Kier alpha value is -0.670. The molecule has 1 rings (SSSR count). The van der Waals surface area contributed by atoms with E-state index in [0.29, 0.717) is 5.02 Å². The van der Waals surface area contributed by atoms with Crippen LogP contribution in [0.4, 0.5) is 0 Å². The predicted molar refractivity (Wildman–Crippen MR) is 83.3 cm³/mol. The third-order valence-electron chi connectivity index (χ3n) is 2.75. The zero-order chi connectivity index (χ0) is 16.3. The van der Waals surface area contributed by atoms with Crippen LogP contribution >= 0.6 is 11.6 Å². The second kappa shape index (κ2) is 7.06. The summed E-state index contributed by atoms with van der Waals surface area (Å²) in [6.45, 7) is 3.53. The van der Waals surface area contributed by atoms with Gasteiger partial charge < -0.3 is 0 Å². The van der Waals surface area contributed by atoms with Crippen LogP contribution in [0.3, 0.4) is 0 Å². The van der Waals surface area contributed by atoms with Gasteiger partial charge in [0.05, 0.1) is 11.2 Å². The van der Waals surface area contributed by atoms with E-state index in [0.717, 1.165) is 6.26 Å². The number of halogens is 1. The first-order valence-corrected chi connectivity index (χ1v) is 9.97. The lowest BCUT2D eigenvalue weighted by molar-refractivity contribution is 0.360. The molecule has 0 spiro atoms. The van der Waals surface area contributed by atoms with E-state index in [1.165, 1.54) is 28.6 Å². The third-order valence-corrected chi connectivity index (χ3v) is 5.94. The van der Waals surface area contributed by atoms with Gasteiger partial charge in [-0.15, -0.1) is 0 Å². The summed E-state index contributed by atoms with van der Waals surface area (Å²) in [6.07, 6.45) is 1.10. The van der Waals surface area contributed by atoms with Crippen LogP contribution in [0.1, 0.15) is 13.8 Å². The molecule has 0 unspecified atom stereocenters. The molecule has 120 valence electrons. The fourth-order valence-electron chi connectivity index (χ4n) is 1.79. The van der Waals surface area contributed by atoms with Crippen LogP contribution in [0.2, 0.25) is 5.02 Å². The highest BCUT2D eigenvalue weighted by atomic mass is 35.5. The van der Waals surface area contributed by atoms with Crippen molar-refractivity contribution in [1.82, 2.24) is 9.03 Å². The number of benzene rings is 1. The van der Waals surface area contributed by atoms with Gasteiger partial charge in [-0.25, -0.2) is 21.6 Å². The summed E-state index contributed by atoms with van der Waals surface area (Å²) >= 11 is 5.70. The fraction of sp³-hybridized carbons (Fsp3) is 0.500. The molecule has 21 heavy (non-hydrogen) atoms. The highest BCUT2D eigenvalue weighted by molar-refractivity contribution is 7.89. The van der Waals surface area contributed by atoms with E-state index in [-0.39, 0.29) is 24.0 Å². The molecule has 1 aromatic carbocycles. The van der Waals surface area contributed by atoms with Crippen molar-refractivity contribution in [2.75, 3.05) is 19.3 Å². The monoisotopic (exact) mass is 354 g/mol. The van der Waals surface area contributed by atoms with E-state index in [2.05, 4.69) is 4.72 Å². The van der Waals surface area contributed by atoms with E-state index < -0.39 is 20.0 Å². The lowest BCUT2D eigenvalue weighted by atomic mass is 10.4. The molecule has 0 aliphatic rings. The van der Waals surface area contributed by atoms with Crippen molar-refractivity contribution in [3.05, 3.63) is 29.3 Å². The molecule has 9 heteroatoms. The molecular formula is C12H19ClN2O4S2. The van der Waals surface area contributed by atoms with Gasteiger partial charge in [0.1, 0.15) is 0 Å². The zero-order valence-corrected chi connectivity index (χ0v) is 14.5. The lowest BCUT2D eigenvalue weighted by Crippen LogP contribution is -2.41. The van der Waals surface area contributed by atoms with Crippen molar-refractivity contribution in [2.24, 2.45) is 0 Å². The molecule has 6 nitrogen and oxygen atoms in total. The van der Waals surface area contributed by atoms with Gasteiger partial charge in [0.2, 0.25) is 20.0 Å². The molecular weight excluding hydrogens is 336 g/mol. The summed E-state index contributed by atoms with van der Waals surface area (Å²) in [5.41, 5.74) is 0. The number of hydrogen-bond acceptors (Lipinski definition) is 4. The normalized spacial score (nSPS) is 13.0. The van der Waals surface area contributed by atoms with Crippen LogP contribution in [-0.2, 0) is 20.0 Å². The molecule has 0 heterocycles. The van der Waals surface area contributed by atoms with Gasteiger partial charge in [-0.2, -0.15) is 4.31 Å². The van der Waals surface area contributed by atoms with Crippen LogP contribution in [0.25, 0.3) is 0 Å². The van der Waals surface area contributed by atoms with E-state index >= 15 is 0 Å². The molecule has 0 saturated carbocycles. The highest BCUT2D eigenvalue weighted by Crippen LogP contribution is 2.13. The SMILES string of the molecule is CC(C)N(CCNS(=O)(=O)c1ccc(Cl)cc1)S(C)(=O)=O. The maximum atomic E-state index is 12.0. The number of hydrogen-bond donors (Lipinski definition) is 1. The maximum Gasteiger partial charge on any atom is 0.240 e. The van der Waals surface area contributed by atoms with E-state index in [1.54, 1.807) is 13.8 Å². The van der Waals surface area contributed by atoms with E-state index in [4.69, 9.17) is 11.6 Å². The van der Waals surface area contributed by atoms with Gasteiger partial charge in [-0.05, 0) is 38.1 Å². The molecule has 0 aliphatic heterocycles. The average Bonchev–Trinajstić information content (AvgIpc) is 2.33. The summed E-state index contributed by atoms with van der Waals surface area (Å²) < 4.78 is 50.8. The lowest BCUT2D eigenvalue weighted by Gasteiger charge is -2.23. The minimum absolute atomic E-state index is 0.00376. The second-order valence-electron chi connectivity index (χ2n) is 4.82. The minimum Gasteiger partial charge on any atom is -0.212 e. The number of nitrogens with one attached hydrogen (secondary N) is 1. The Balaban J connectivity index is 2.72. The Kier molecular flexibility index (Phi) is 6.18. The summed E-state index contributed by atoms with van der Waals surface area (Å²) in [5.74, 6) is 0. The van der Waals surface area contributed by atoms with Gasteiger partial charge in [-0.1, -0.05) is 11.6 Å². The number of rotatable bonds is 7. The Morgan fingerprint density at radius 2 is 1.67 bits per heavy atom. The molecule has 0 aliphatic carbocycles. The summed E-state index contributed by atoms with van der Waals surface area (Å²) in [4.78, 5) is 0.0855. The van der Waals surface area contributed by atoms with Gasteiger partial charge in [0, 0.05) is 24.2 Å². The van der Waals surface area contributed by atoms with Crippen LogP contribution < -0.4 is 4.72 Å². The van der Waals surface area contributed by atoms with Crippen molar-refractivity contribution >= 4 is 31.6 Å². The van der Waals surface area contributed by atoms with Gasteiger partial charge in [0.15, 0.2) is 0 Å². The molecule has 0 fully saturated rings. The number of sulfonamides is 2. The van der Waals surface area contributed by atoms with Crippen molar-refractivity contribution in [3.63, 3.8) is 0 Å². The fourth-order valence-corrected chi connectivity index (χ4v) is 4.13. The Morgan fingerprint density at radius 1 is 1.14 bits per heavy atom.